The third-order valence-electron chi connectivity index (χ3n) is 1.76. The van der Waals surface area contributed by atoms with Gasteiger partial charge in [0.15, 0.2) is 0 Å². The highest BCUT2D eigenvalue weighted by atomic mass is 35.5. The summed E-state index contributed by atoms with van der Waals surface area (Å²) in [5.41, 5.74) is 6.39. The molecule has 1 aromatic rings. The lowest BCUT2D eigenvalue weighted by molar-refractivity contribution is -0.140. The molecular formula is C10H12ClNO2S. The van der Waals surface area contributed by atoms with Crippen LogP contribution in [0.2, 0.25) is 5.02 Å². The molecular weight excluding hydrogens is 234 g/mol. The number of nitrogen functional groups attached to an aromatic ring is 1. The average molecular weight is 246 g/mol. The second-order valence-electron chi connectivity index (χ2n) is 2.86. The maximum atomic E-state index is 10.9. The number of hydrogen-bond acceptors (Lipinski definition) is 4. The van der Waals surface area contributed by atoms with Crippen molar-refractivity contribution in [3.8, 4) is 0 Å². The van der Waals surface area contributed by atoms with Gasteiger partial charge in [0, 0.05) is 21.4 Å². The minimum absolute atomic E-state index is 0.213. The molecule has 1 rings (SSSR count). The van der Waals surface area contributed by atoms with Crippen molar-refractivity contribution in [3.05, 3.63) is 23.2 Å². The molecule has 0 aliphatic carbocycles. The van der Waals surface area contributed by atoms with E-state index in [0.717, 1.165) is 4.90 Å². The van der Waals surface area contributed by atoms with Gasteiger partial charge in [0.05, 0.1) is 13.5 Å². The van der Waals surface area contributed by atoms with Crippen molar-refractivity contribution < 1.29 is 9.53 Å². The zero-order valence-electron chi connectivity index (χ0n) is 8.33. The second-order valence-corrected chi connectivity index (χ2v) is 4.43. The van der Waals surface area contributed by atoms with Crippen molar-refractivity contribution in [1.29, 1.82) is 0 Å². The summed E-state index contributed by atoms with van der Waals surface area (Å²) in [5, 5.41) is 0.616. The summed E-state index contributed by atoms with van der Waals surface area (Å²) in [5.74, 6) is 0.438. The fourth-order valence-corrected chi connectivity index (χ4v) is 2.06. The Morgan fingerprint density at radius 3 is 2.93 bits per heavy atom. The quantitative estimate of drug-likeness (QED) is 0.503. The molecule has 1 aromatic carbocycles. The van der Waals surface area contributed by atoms with Gasteiger partial charge in [-0.3, -0.25) is 4.79 Å². The molecule has 0 unspecified atom stereocenters. The van der Waals surface area contributed by atoms with Crippen LogP contribution in [-0.4, -0.2) is 18.8 Å². The van der Waals surface area contributed by atoms with E-state index in [1.165, 1.54) is 18.9 Å². The molecule has 0 amide bonds. The smallest absolute Gasteiger partial charge is 0.306 e. The van der Waals surface area contributed by atoms with Crippen LogP contribution in [-0.2, 0) is 9.53 Å². The number of rotatable bonds is 4. The maximum absolute atomic E-state index is 10.9. The third-order valence-corrected chi connectivity index (χ3v) is 3.09. The molecule has 0 spiro atoms. The highest BCUT2D eigenvalue weighted by Gasteiger charge is 2.03. The molecule has 0 aliphatic rings. The summed E-state index contributed by atoms with van der Waals surface area (Å²) in [6.45, 7) is 0. The Kier molecular flexibility index (Phi) is 4.78. The highest BCUT2D eigenvalue weighted by molar-refractivity contribution is 7.99. The Labute approximate surface area is 97.9 Å². The van der Waals surface area contributed by atoms with Gasteiger partial charge < -0.3 is 10.5 Å². The van der Waals surface area contributed by atoms with Crippen molar-refractivity contribution in [2.45, 2.75) is 11.3 Å². The number of esters is 1. The van der Waals surface area contributed by atoms with Gasteiger partial charge in [-0.05, 0) is 18.2 Å². The van der Waals surface area contributed by atoms with Gasteiger partial charge in [-0.2, -0.15) is 0 Å². The fourth-order valence-electron chi connectivity index (χ4n) is 0.997. The van der Waals surface area contributed by atoms with Gasteiger partial charge >= 0.3 is 5.97 Å². The largest absolute Gasteiger partial charge is 0.469 e. The normalized spacial score (nSPS) is 10.0. The Bertz CT molecular complexity index is 357. The highest BCUT2D eigenvalue weighted by Crippen LogP contribution is 2.27. The number of halogens is 1. The van der Waals surface area contributed by atoms with Crippen molar-refractivity contribution in [3.63, 3.8) is 0 Å². The summed E-state index contributed by atoms with van der Waals surface area (Å²) < 4.78 is 4.53. The summed E-state index contributed by atoms with van der Waals surface area (Å²) in [7, 11) is 1.38. The van der Waals surface area contributed by atoms with Crippen LogP contribution in [0.1, 0.15) is 6.42 Å². The Balaban J connectivity index is 2.47. The van der Waals surface area contributed by atoms with Gasteiger partial charge in [-0.1, -0.05) is 11.6 Å². The number of hydrogen-bond donors (Lipinski definition) is 1. The molecule has 0 atom stereocenters. The van der Waals surface area contributed by atoms with Crippen LogP contribution in [0.25, 0.3) is 0 Å². The first-order chi connectivity index (χ1) is 7.13. The maximum Gasteiger partial charge on any atom is 0.306 e. The minimum atomic E-state index is -0.213. The second kappa shape index (κ2) is 5.88. The van der Waals surface area contributed by atoms with Gasteiger partial charge in [0.1, 0.15) is 0 Å². The third kappa shape index (κ3) is 4.01. The summed E-state index contributed by atoms with van der Waals surface area (Å²) in [4.78, 5) is 11.8. The molecule has 3 nitrogen and oxygen atoms in total. The summed E-state index contributed by atoms with van der Waals surface area (Å²) >= 11 is 7.28. The number of anilines is 1. The number of carbonyl (C=O) groups excluding carboxylic acids is 1. The first-order valence-corrected chi connectivity index (χ1v) is 5.74. The molecule has 15 heavy (non-hydrogen) atoms. The van der Waals surface area contributed by atoms with E-state index in [1.54, 1.807) is 12.1 Å². The van der Waals surface area contributed by atoms with E-state index < -0.39 is 0 Å². The fraction of sp³-hybridized carbons (Fsp3) is 0.300. The van der Waals surface area contributed by atoms with Crippen molar-refractivity contribution in [2.75, 3.05) is 18.6 Å². The van der Waals surface area contributed by atoms with E-state index in [-0.39, 0.29) is 5.97 Å². The first-order valence-electron chi connectivity index (χ1n) is 4.38. The molecule has 0 fully saturated rings. The molecule has 0 aromatic heterocycles. The number of carbonyl (C=O) groups is 1. The molecule has 0 heterocycles. The van der Waals surface area contributed by atoms with Gasteiger partial charge in [-0.25, -0.2) is 0 Å². The SMILES string of the molecule is COC(=O)CCSc1ccc(Cl)cc1N. The standard InChI is InChI=1S/C10H12ClNO2S/c1-14-10(13)4-5-15-9-3-2-7(11)6-8(9)12/h2-3,6H,4-5,12H2,1H3. The monoisotopic (exact) mass is 245 g/mol. The van der Waals surface area contributed by atoms with Crippen LogP contribution >= 0.6 is 23.4 Å². The molecule has 2 N–H and O–H groups in total. The molecule has 0 aliphatic heterocycles. The van der Waals surface area contributed by atoms with E-state index in [9.17, 15) is 4.79 Å². The summed E-state index contributed by atoms with van der Waals surface area (Å²) in [6.07, 6.45) is 0.378. The Morgan fingerprint density at radius 1 is 1.60 bits per heavy atom. The van der Waals surface area contributed by atoms with E-state index >= 15 is 0 Å². The number of benzene rings is 1. The number of thioether (sulfide) groups is 1. The van der Waals surface area contributed by atoms with Crippen LogP contribution in [0.5, 0.6) is 0 Å². The van der Waals surface area contributed by atoms with Crippen LogP contribution in [0.3, 0.4) is 0 Å². The van der Waals surface area contributed by atoms with Crippen LogP contribution < -0.4 is 5.73 Å². The van der Waals surface area contributed by atoms with Crippen LogP contribution in [0.4, 0.5) is 5.69 Å². The number of ether oxygens (including phenoxy) is 1. The molecule has 0 saturated heterocycles. The number of nitrogens with two attached hydrogens (primary N) is 1. The minimum Gasteiger partial charge on any atom is -0.469 e. The Morgan fingerprint density at radius 2 is 2.33 bits per heavy atom. The van der Waals surface area contributed by atoms with E-state index in [1.807, 2.05) is 6.07 Å². The predicted octanol–water partition coefficient (Wildman–Crippen LogP) is 2.58. The topological polar surface area (TPSA) is 52.3 Å². The zero-order chi connectivity index (χ0) is 11.3. The molecule has 0 bridgehead atoms. The molecule has 5 heteroatoms. The predicted molar refractivity (Wildman–Crippen MR) is 63.2 cm³/mol. The Hall–Kier alpha value is -0.870. The van der Waals surface area contributed by atoms with Crippen LogP contribution in [0, 0.1) is 0 Å². The van der Waals surface area contributed by atoms with E-state index in [4.69, 9.17) is 17.3 Å². The van der Waals surface area contributed by atoms with Gasteiger partial charge in [-0.15, -0.1) is 11.8 Å². The zero-order valence-corrected chi connectivity index (χ0v) is 9.90. The van der Waals surface area contributed by atoms with E-state index in [2.05, 4.69) is 4.74 Å². The molecule has 0 saturated carbocycles. The van der Waals surface area contributed by atoms with Crippen molar-refractivity contribution >= 4 is 35.0 Å². The average Bonchev–Trinajstić information content (AvgIpc) is 2.21. The van der Waals surface area contributed by atoms with Gasteiger partial charge in [0.25, 0.3) is 0 Å². The van der Waals surface area contributed by atoms with Crippen molar-refractivity contribution in [1.82, 2.24) is 0 Å². The lowest BCUT2D eigenvalue weighted by Crippen LogP contribution is -2.01. The number of methoxy groups -OCH3 is 1. The first kappa shape index (κ1) is 12.2. The van der Waals surface area contributed by atoms with Gasteiger partial charge in [0.2, 0.25) is 0 Å². The van der Waals surface area contributed by atoms with E-state index in [0.29, 0.717) is 22.9 Å². The van der Waals surface area contributed by atoms with Crippen molar-refractivity contribution in [2.24, 2.45) is 0 Å². The summed E-state index contributed by atoms with van der Waals surface area (Å²) in [6, 6.07) is 5.32. The lowest BCUT2D eigenvalue weighted by Gasteiger charge is -2.04. The molecule has 0 radical (unpaired) electrons. The molecule has 82 valence electrons. The lowest BCUT2D eigenvalue weighted by atomic mass is 10.3. The van der Waals surface area contributed by atoms with Crippen LogP contribution in [0.15, 0.2) is 23.1 Å².